The van der Waals surface area contributed by atoms with Crippen molar-refractivity contribution >= 4 is 29.1 Å². The van der Waals surface area contributed by atoms with E-state index < -0.39 is 22.5 Å². The molecule has 1 unspecified atom stereocenters. The smallest absolute Gasteiger partial charge is 0.338 e. The number of furan rings is 1. The molecule has 0 aliphatic carbocycles. The Morgan fingerprint density at radius 1 is 1.12 bits per heavy atom. The standard InChI is InChI=1S/C30H27N3O8S/c1-6-40-29(35)26-17(3)31-30-32(27(26)18-8-11-23(38-4)24(14-18)39-5)28(34)25(42-30)15-19-9-12-22(41-19)20-10-7-16(2)13-21(20)33(36)37/h7-15,27H,6H2,1-5H3/b25-15-. The zero-order valence-electron chi connectivity index (χ0n) is 23.5. The average molecular weight is 590 g/mol. The highest BCUT2D eigenvalue weighted by atomic mass is 32.1. The maximum absolute atomic E-state index is 13.9. The number of rotatable bonds is 8. The fraction of sp³-hybridized carbons (Fsp3) is 0.233. The van der Waals surface area contributed by atoms with Crippen LogP contribution < -0.4 is 24.4 Å². The number of thiazole rings is 1. The van der Waals surface area contributed by atoms with E-state index in [1.54, 1.807) is 69.3 Å². The first kappa shape index (κ1) is 28.6. The summed E-state index contributed by atoms with van der Waals surface area (Å²) >= 11 is 1.14. The van der Waals surface area contributed by atoms with Gasteiger partial charge >= 0.3 is 5.97 Å². The molecular formula is C30H27N3O8S. The summed E-state index contributed by atoms with van der Waals surface area (Å²) in [5.41, 5.74) is 1.86. The minimum absolute atomic E-state index is 0.0767. The molecule has 216 valence electrons. The van der Waals surface area contributed by atoms with Crippen LogP contribution in [-0.2, 0) is 9.53 Å². The number of benzene rings is 2. The molecular weight excluding hydrogens is 562 g/mol. The van der Waals surface area contributed by atoms with Crippen molar-refractivity contribution in [1.82, 2.24) is 4.57 Å². The van der Waals surface area contributed by atoms with Crippen LogP contribution in [-0.4, -0.2) is 36.3 Å². The largest absolute Gasteiger partial charge is 0.493 e. The molecule has 5 rings (SSSR count). The number of methoxy groups -OCH3 is 2. The molecule has 1 aliphatic heterocycles. The Kier molecular flexibility index (Phi) is 7.81. The lowest BCUT2D eigenvalue weighted by atomic mass is 9.95. The molecule has 0 amide bonds. The number of aryl methyl sites for hydroxylation is 1. The van der Waals surface area contributed by atoms with Gasteiger partial charge in [-0.2, -0.15) is 0 Å². The highest BCUT2D eigenvalue weighted by Crippen LogP contribution is 2.36. The van der Waals surface area contributed by atoms with E-state index in [-0.39, 0.29) is 17.9 Å². The second-order valence-corrected chi connectivity index (χ2v) is 10.4. The lowest BCUT2D eigenvalue weighted by Crippen LogP contribution is -2.39. The maximum atomic E-state index is 13.9. The Labute approximate surface area is 243 Å². The van der Waals surface area contributed by atoms with E-state index in [1.807, 2.05) is 0 Å². The van der Waals surface area contributed by atoms with Crippen molar-refractivity contribution in [2.24, 2.45) is 4.99 Å². The van der Waals surface area contributed by atoms with Gasteiger partial charge in [0.2, 0.25) is 0 Å². The lowest BCUT2D eigenvalue weighted by Gasteiger charge is -2.25. The molecule has 0 radical (unpaired) electrons. The first-order valence-electron chi connectivity index (χ1n) is 12.9. The fourth-order valence-corrected chi connectivity index (χ4v) is 5.86. The van der Waals surface area contributed by atoms with Crippen molar-refractivity contribution in [2.75, 3.05) is 20.8 Å². The Morgan fingerprint density at radius 2 is 1.88 bits per heavy atom. The number of carbonyl (C=O) groups excluding carboxylic acids is 1. The zero-order chi connectivity index (χ0) is 30.1. The van der Waals surface area contributed by atoms with Gasteiger partial charge in [0.1, 0.15) is 11.5 Å². The molecule has 11 nitrogen and oxygen atoms in total. The molecule has 0 bridgehead atoms. The Morgan fingerprint density at radius 3 is 2.57 bits per heavy atom. The number of allylic oxidation sites excluding steroid dienone is 1. The number of nitro benzene ring substituents is 1. The SMILES string of the molecule is CCOC(=O)C1=C(C)N=c2s/c(=C\c3ccc(-c4ccc(C)cc4[N+](=O)[O-])o3)c(=O)n2C1c1ccc(OC)c(OC)c1. The summed E-state index contributed by atoms with van der Waals surface area (Å²) in [4.78, 5) is 43.2. The highest BCUT2D eigenvalue weighted by molar-refractivity contribution is 7.07. The Bertz CT molecular complexity index is 1930. The van der Waals surface area contributed by atoms with E-state index in [9.17, 15) is 19.7 Å². The van der Waals surface area contributed by atoms with Gasteiger partial charge < -0.3 is 18.6 Å². The van der Waals surface area contributed by atoms with Crippen LogP contribution >= 0.6 is 11.3 Å². The molecule has 4 aromatic rings. The van der Waals surface area contributed by atoms with Crippen LogP contribution in [0.4, 0.5) is 5.69 Å². The third-order valence-electron chi connectivity index (χ3n) is 6.76. The summed E-state index contributed by atoms with van der Waals surface area (Å²) in [6, 6.07) is 12.5. The molecule has 0 N–H and O–H groups in total. The second-order valence-electron chi connectivity index (χ2n) is 9.40. The van der Waals surface area contributed by atoms with Crippen LogP contribution in [0.15, 0.2) is 74.0 Å². The van der Waals surface area contributed by atoms with Gasteiger partial charge in [-0.15, -0.1) is 0 Å². The molecule has 0 saturated heterocycles. The second kappa shape index (κ2) is 11.5. The van der Waals surface area contributed by atoms with Gasteiger partial charge in [0.05, 0.1) is 53.2 Å². The van der Waals surface area contributed by atoms with E-state index in [0.717, 1.165) is 16.9 Å². The van der Waals surface area contributed by atoms with Crippen LogP contribution in [0.1, 0.15) is 36.8 Å². The monoisotopic (exact) mass is 589 g/mol. The van der Waals surface area contributed by atoms with Gasteiger partial charge in [-0.1, -0.05) is 23.5 Å². The van der Waals surface area contributed by atoms with Gasteiger partial charge in [-0.05, 0) is 62.2 Å². The van der Waals surface area contributed by atoms with Crippen molar-refractivity contribution in [3.8, 4) is 22.8 Å². The normalized spacial score (nSPS) is 14.8. The van der Waals surface area contributed by atoms with Gasteiger partial charge in [-0.3, -0.25) is 19.5 Å². The average Bonchev–Trinajstić information content (AvgIpc) is 3.55. The molecule has 1 aliphatic rings. The number of hydrogen-bond donors (Lipinski definition) is 0. The fourth-order valence-electron chi connectivity index (χ4n) is 4.84. The van der Waals surface area contributed by atoms with Crippen molar-refractivity contribution < 1.29 is 28.3 Å². The number of aromatic nitrogens is 1. The van der Waals surface area contributed by atoms with Gasteiger partial charge in [0.15, 0.2) is 16.3 Å². The van der Waals surface area contributed by atoms with Crippen molar-refractivity contribution in [3.05, 3.63) is 106 Å². The van der Waals surface area contributed by atoms with Gasteiger partial charge in [0, 0.05) is 12.1 Å². The quantitative estimate of drug-likeness (QED) is 0.169. The molecule has 0 spiro atoms. The summed E-state index contributed by atoms with van der Waals surface area (Å²) < 4.78 is 23.9. The number of nitro groups is 1. The first-order chi connectivity index (χ1) is 20.2. The topological polar surface area (TPSA) is 135 Å². The minimum Gasteiger partial charge on any atom is -0.493 e. The highest BCUT2D eigenvalue weighted by Gasteiger charge is 2.34. The number of hydrogen-bond acceptors (Lipinski definition) is 10. The van der Waals surface area contributed by atoms with Crippen LogP contribution in [0.25, 0.3) is 17.4 Å². The van der Waals surface area contributed by atoms with E-state index in [4.69, 9.17) is 18.6 Å². The van der Waals surface area contributed by atoms with E-state index in [2.05, 4.69) is 4.99 Å². The first-order valence-corrected chi connectivity index (χ1v) is 13.7. The summed E-state index contributed by atoms with van der Waals surface area (Å²) in [6.07, 6.45) is 1.56. The van der Waals surface area contributed by atoms with Crippen LogP contribution in [0.2, 0.25) is 0 Å². The number of fused-ring (bicyclic) bond motifs is 1. The molecule has 12 heteroatoms. The molecule has 0 saturated carbocycles. The number of nitrogens with zero attached hydrogens (tertiary/aromatic N) is 3. The third kappa shape index (κ3) is 5.12. The minimum atomic E-state index is -0.843. The lowest BCUT2D eigenvalue weighted by molar-refractivity contribution is -0.384. The van der Waals surface area contributed by atoms with E-state index >= 15 is 0 Å². The summed E-state index contributed by atoms with van der Waals surface area (Å²) in [5, 5.41) is 11.6. The molecule has 1 atom stereocenters. The molecule has 2 aromatic heterocycles. The summed E-state index contributed by atoms with van der Waals surface area (Å²) in [6.45, 7) is 5.33. The van der Waals surface area contributed by atoms with Crippen LogP contribution in [0.5, 0.6) is 11.5 Å². The summed E-state index contributed by atoms with van der Waals surface area (Å²) in [7, 11) is 3.02. The zero-order valence-corrected chi connectivity index (χ0v) is 24.3. The predicted octanol–water partition coefficient (Wildman–Crippen LogP) is 4.29. The van der Waals surface area contributed by atoms with Gasteiger partial charge in [0.25, 0.3) is 11.2 Å². The Hall–Kier alpha value is -4.97. The molecule has 0 fully saturated rings. The van der Waals surface area contributed by atoms with E-state index in [0.29, 0.717) is 49.2 Å². The van der Waals surface area contributed by atoms with Crippen molar-refractivity contribution in [3.63, 3.8) is 0 Å². The van der Waals surface area contributed by atoms with Gasteiger partial charge in [-0.25, -0.2) is 9.79 Å². The van der Waals surface area contributed by atoms with Crippen LogP contribution in [0.3, 0.4) is 0 Å². The number of carbonyl (C=O) groups is 1. The maximum Gasteiger partial charge on any atom is 0.338 e. The summed E-state index contributed by atoms with van der Waals surface area (Å²) in [5.74, 6) is 0.972. The van der Waals surface area contributed by atoms with Crippen molar-refractivity contribution in [1.29, 1.82) is 0 Å². The number of ether oxygens (including phenoxy) is 3. The number of esters is 1. The predicted molar refractivity (Wildman–Crippen MR) is 155 cm³/mol. The molecule has 42 heavy (non-hydrogen) atoms. The van der Waals surface area contributed by atoms with Crippen molar-refractivity contribution in [2.45, 2.75) is 26.8 Å². The molecule has 3 heterocycles. The van der Waals surface area contributed by atoms with Crippen LogP contribution in [0, 0.1) is 17.0 Å². The third-order valence-corrected chi connectivity index (χ3v) is 7.74. The molecule has 2 aromatic carbocycles. The van der Waals surface area contributed by atoms with E-state index in [1.165, 1.54) is 24.9 Å². The Balaban J connectivity index is 1.65.